The summed E-state index contributed by atoms with van der Waals surface area (Å²) in [4.78, 5) is 65.3. The van der Waals surface area contributed by atoms with Crippen molar-refractivity contribution in [2.45, 2.75) is 106 Å². The molecular formula is C50H60ClN7O6S. The normalized spacial score (nSPS) is 17.9. The van der Waals surface area contributed by atoms with Crippen LogP contribution in [0.2, 0.25) is 5.02 Å². The third-order valence-corrected chi connectivity index (χ3v) is 13.4. The first kappa shape index (κ1) is 48.8. The highest BCUT2D eigenvalue weighted by Crippen LogP contribution is 2.53. The van der Waals surface area contributed by atoms with Gasteiger partial charge >= 0.3 is 0 Å². The minimum absolute atomic E-state index is 0.188. The van der Waals surface area contributed by atoms with Crippen molar-refractivity contribution in [1.29, 1.82) is 5.26 Å². The molecule has 2 aliphatic rings. The maximum atomic E-state index is 13.9. The van der Waals surface area contributed by atoms with E-state index in [-0.39, 0.29) is 36.3 Å². The highest BCUT2D eigenvalue weighted by Gasteiger charge is 2.61. The molecular weight excluding hydrogens is 862 g/mol. The van der Waals surface area contributed by atoms with Crippen molar-refractivity contribution in [3.63, 3.8) is 0 Å². The summed E-state index contributed by atoms with van der Waals surface area (Å²) in [5, 5.41) is 18.8. The highest BCUT2D eigenvalue weighted by atomic mass is 35.5. The van der Waals surface area contributed by atoms with Crippen LogP contribution in [0.15, 0.2) is 77.2 Å². The summed E-state index contributed by atoms with van der Waals surface area (Å²) < 4.78 is 12.0. The van der Waals surface area contributed by atoms with Crippen LogP contribution in [0.1, 0.15) is 101 Å². The Morgan fingerprint density at radius 2 is 1.72 bits per heavy atom. The van der Waals surface area contributed by atoms with Gasteiger partial charge in [0.05, 0.1) is 26.7 Å². The van der Waals surface area contributed by atoms with Crippen LogP contribution in [0.5, 0.6) is 5.75 Å². The van der Waals surface area contributed by atoms with E-state index in [4.69, 9.17) is 21.1 Å². The van der Waals surface area contributed by atoms with Crippen LogP contribution < -0.4 is 20.7 Å². The molecule has 2 heterocycles. The zero-order chi connectivity index (χ0) is 47.1. The number of amides is 4. The summed E-state index contributed by atoms with van der Waals surface area (Å²) in [6.07, 6.45) is 2.46. The standard InChI is InChI=1S/C50H60ClN7O6S/c1-31-41(65-30-55-31)33-15-13-32(14-16-33)28-54-44(61)39-12-11-24-58(39)45(62)42(48(2,3)4)56-40(59)29-63-25-10-9-23-53-36-20-17-34(18-21-36)43(60)57-46-49(5,6)47(50(46,7)8)64-37-22-19-35(27-52)38(51)26-37/h13-22,26,30,39,42,47,53H,9-12,23-25,28-29H2,1-8H3,(H,54,61)(H,56,59)/t39-,42?,47?/m0/s1. The fraction of sp³-hybridized carbons (Fsp3) is 0.460. The molecule has 13 nitrogen and oxygen atoms in total. The smallest absolute Gasteiger partial charge is 0.276 e. The molecule has 0 spiro atoms. The van der Waals surface area contributed by atoms with Crippen molar-refractivity contribution in [2.75, 3.05) is 31.6 Å². The number of likely N-dealkylation sites (tertiary alicyclic amines) is 1. The average molecular weight is 923 g/mol. The van der Waals surface area contributed by atoms with Crippen molar-refractivity contribution in [3.05, 3.63) is 99.6 Å². The molecule has 65 heavy (non-hydrogen) atoms. The predicted octanol–water partition coefficient (Wildman–Crippen LogP) is 8.79. The number of rotatable bonds is 17. The minimum Gasteiger partial charge on any atom is -0.488 e. The fourth-order valence-electron chi connectivity index (χ4n) is 8.89. The summed E-state index contributed by atoms with van der Waals surface area (Å²) in [6.45, 7) is 17.3. The Morgan fingerprint density at radius 1 is 1.02 bits per heavy atom. The van der Waals surface area contributed by atoms with Crippen LogP contribution in [0.25, 0.3) is 10.4 Å². The second kappa shape index (κ2) is 20.7. The molecule has 2 fully saturated rings. The Labute approximate surface area is 391 Å². The Bertz CT molecular complexity index is 2420. The number of carbonyl (C=O) groups excluding carboxylic acids is 4. The van der Waals surface area contributed by atoms with Gasteiger partial charge in [0.25, 0.3) is 5.91 Å². The Morgan fingerprint density at radius 3 is 2.35 bits per heavy atom. The van der Waals surface area contributed by atoms with Crippen LogP contribution in [0.4, 0.5) is 5.69 Å². The lowest BCUT2D eigenvalue weighted by molar-refractivity contribution is -0.144. The number of nitrogens with zero attached hydrogens (tertiary/aromatic N) is 4. The van der Waals surface area contributed by atoms with E-state index in [1.807, 2.05) is 97.3 Å². The van der Waals surface area contributed by atoms with Gasteiger partial charge in [-0.25, -0.2) is 9.98 Å². The lowest BCUT2D eigenvalue weighted by atomic mass is 9.51. The molecule has 6 rings (SSSR count). The number of anilines is 1. The number of ether oxygens (including phenoxy) is 2. The van der Waals surface area contributed by atoms with Crippen LogP contribution in [0, 0.1) is 34.5 Å². The maximum Gasteiger partial charge on any atom is 0.276 e. The van der Waals surface area contributed by atoms with E-state index in [9.17, 15) is 24.4 Å². The molecule has 4 aromatic rings. The maximum absolute atomic E-state index is 13.9. The van der Waals surface area contributed by atoms with Gasteiger partial charge in [-0.05, 0) is 85.5 Å². The summed E-state index contributed by atoms with van der Waals surface area (Å²) in [7, 11) is 0. The zero-order valence-corrected chi connectivity index (χ0v) is 40.1. The van der Waals surface area contributed by atoms with Crippen molar-refractivity contribution in [1.82, 2.24) is 20.5 Å². The fourth-order valence-corrected chi connectivity index (χ4v) is 9.91. The predicted molar refractivity (Wildman–Crippen MR) is 255 cm³/mol. The zero-order valence-electron chi connectivity index (χ0n) is 38.5. The number of unbranched alkanes of at least 4 members (excludes halogenated alkanes) is 1. The molecule has 1 aliphatic carbocycles. The molecule has 1 aliphatic heterocycles. The van der Waals surface area contributed by atoms with Gasteiger partial charge in [0.15, 0.2) is 0 Å². The van der Waals surface area contributed by atoms with E-state index >= 15 is 0 Å². The molecule has 4 amide bonds. The number of hydrogen-bond acceptors (Lipinski definition) is 10. The summed E-state index contributed by atoms with van der Waals surface area (Å²) in [5.74, 6) is -0.647. The molecule has 0 bridgehead atoms. The van der Waals surface area contributed by atoms with Crippen molar-refractivity contribution < 1.29 is 28.7 Å². The molecule has 15 heteroatoms. The number of aliphatic imine (C=N–C) groups is 1. The van der Waals surface area contributed by atoms with Crippen molar-refractivity contribution in [3.8, 4) is 22.3 Å². The largest absolute Gasteiger partial charge is 0.488 e. The number of aromatic nitrogens is 1. The molecule has 1 saturated heterocycles. The van der Waals surface area contributed by atoms with E-state index in [2.05, 4.69) is 32.0 Å². The van der Waals surface area contributed by atoms with Crippen LogP contribution in [-0.4, -0.2) is 83.7 Å². The monoisotopic (exact) mass is 921 g/mol. The van der Waals surface area contributed by atoms with E-state index < -0.39 is 28.3 Å². The van der Waals surface area contributed by atoms with Gasteiger partial charge in [0.1, 0.15) is 36.6 Å². The molecule has 3 aromatic carbocycles. The Balaban J connectivity index is 0.899. The van der Waals surface area contributed by atoms with Gasteiger partial charge in [0.2, 0.25) is 17.7 Å². The van der Waals surface area contributed by atoms with E-state index in [0.717, 1.165) is 39.5 Å². The number of thiazole rings is 1. The lowest BCUT2D eigenvalue weighted by Crippen LogP contribution is -2.67. The first-order valence-electron chi connectivity index (χ1n) is 22.1. The topological polar surface area (TPSA) is 175 Å². The van der Waals surface area contributed by atoms with Gasteiger partial charge in [-0.15, -0.1) is 11.3 Å². The quantitative estimate of drug-likeness (QED) is 0.0875. The molecule has 0 radical (unpaired) electrons. The average Bonchev–Trinajstić information content (AvgIpc) is 3.94. The van der Waals surface area contributed by atoms with Crippen LogP contribution in [-0.2, 0) is 25.7 Å². The number of aryl methyl sites for hydroxylation is 1. The van der Waals surface area contributed by atoms with Crippen LogP contribution in [0.3, 0.4) is 0 Å². The van der Waals surface area contributed by atoms with Crippen molar-refractivity contribution >= 4 is 58.0 Å². The van der Waals surface area contributed by atoms with Gasteiger partial charge < -0.3 is 30.3 Å². The third kappa shape index (κ3) is 11.6. The molecule has 2 atom stereocenters. The lowest BCUT2D eigenvalue weighted by Gasteiger charge is -2.57. The van der Waals surface area contributed by atoms with Gasteiger partial charge in [0, 0.05) is 60.1 Å². The SMILES string of the molecule is Cc1ncsc1-c1ccc(CNC(=O)[C@@H]2CCCN2C(=O)C(NC(=O)COCCCCNc2ccc(C(=O)N=C3C(C)(C)C(Oc4ccc(C#N)c(Cl)c4)C3(C)C)cc2)C(C)(C)C)cc1. The molecule has 1 unspecified atom stereocenters. The molecule has 3 N–H and O–H groups in total. The summed E-state index contributed by atoms with van der Waals surface area (Å²) in [6, 6.07) is 20.8. The molecule has 344 valence electrons. The van der Waals surface area contributed by atoms with E-state index in [1.165, 1.54) is 0 Å². The Kier molecular flexibility index (Phi) is 15.5. The number of nitrogens with one attached hydrogen (secondary N) is 3. The summed E-state index contributed by atoms with van der Waals surface area (Å²) >= 11 is 7.82. The molecule has 1 saturated carbocycles. The number of benzene rings is 3. The first-order valence-corrected chi connectivity index (χ1v) is 23.4. The minimum atomic E-state index is -0.835. The van der Waals surface area contributed by atoms with E-state index in [1.54, 1.807) is 46.6 Å². The third-order valence-electron chi connectivity index (χ3n) is 12.2. The van der Waals surface area contributed by atoms with Gasteiger partial charge in [-0.2, -0.15) is 5.26 Å². The van der Waals surface area contributed by atoms with E-state index in [0.29, 0.717) is 67.4 Å². The van der Waals surface area contributed by atoms with Crippen LogP contribution >= 0.6 is 22.9 Å². The van der Waals surface area contributed by atoms with Crippen molar-refractivity contribution in [2.24, 2.45) is 21.2 Å². The number of hydrogen-bond donors (Lipinski definition) is 3. The second-order valence-electron chi connectivity index (χ2n) is 19.0. The molecule has 1 aromatic heterocycles. The van der Waals surface area contributed by atoms with Gasteiger partial charge in [-0.3, -0.25) is 19.2 Å². The highest BCUT2D eigenvalue weighted by molar-refractivity contribution is 7.13. The second-order valence-corrected chi connectivity index (χ2v) is 20.2. The number of halogens is 1. The Hall–Kier alpha value is -5.62. The number of nitriles is 1. The number of carbonyl (C=O) groups is 4. The van der Waals surface area contributed by atoms with Gasteiger partial charge in [-0.1, -0.05) is 84.3 Å². The first-order chi connectivity index (χ1) is 30.8. The summed E-state index contributed by atoms with van der Waals surface area (Å²) in [5.41, 5.74) is 5.68.